The topological polar surface area (TPSA) is 36.4 Å². The van der Waals surface area contributed by atoms with Crippen LogP contribution in [0, 0.1) is 18.6 Å². The smallest absolute Gasteiger partial charge is 0.227 e. The zero-order valence-electron chi connectivity index (χ0n) is 15.6. The van der Waals surface area contributed by atoms with Crippen LogP contribution in [0.25, 0.3) is 0 Å². The Labute approximate surface area is 158 Å². The summed E-state index contributed by atoms with van der Waals surface area (Å²) in [5.41, 5.74) is 2.35. The van der Waals surface area contributed by atoms with E-state index in [1.807, 2.05) is 25.1 Å². The molecular weight excluding hydrogens is 348 g/mol. The zero-order chi connectivity index (χ0) is 19.2. The summed E-state index contributed by atoms with van der Waals surface area (Å²) in [6.45, 7) is 5.92. The quantitative estimate of drug-likeness (QED) is 0.809. The van der Waals surface area contributed by atoms with Gasteiger partial charge < -0.3 is 9.80 Å². The summed E-state index contributed by atoms with van der Waals surface area (Å²) in [5, 5.41) is 0. The molecule has 144 valence electrons. The number of nitrogens with zero attached hydrogens (tertiary/aromatic N) is 3. The van der Waals surface area contributed by atoms with Crippen molar-refractivity contribution in [3.63, 3.8) is 0 Å². The van der Waals surface area contributed by atoms with Crippen LogP contribution in [0.4, 0.5) is 8.78 Å². The molecule has 1 aromatic heterocycles. The number of halogens is 2. The van der Waals surface area contributed by atoms with Gasteiger partial charge in [0.2, 0.25) is 5.91 Å². The van der Waals surface area contributed by atoms with Crippen LogP contribution >= 0.6 is 0 Å². The molecule has 1 fully saturated rings. The van der Waals surface area contributed by atoms with Crippen molar-refractivity contribution in [3.8, 4) is 0 Å². The largest absolute Gasteiger partial charge is 0.341 e. The minimum absolute atomic E-state index is 0.0284. The second kappa shape index (κ2) is 9.04. The Kier molecular flexibility index (Phi) is 6.50. The van der Waals surface area contributed by atoms with E-state index in [-0.39, 0.29) is 17.9 Å². The summed E-state index contributed by atoms with van der Waals surface area (Å²) in [5.74, 6) is -1.40. The number of rotatable bonds is 5. The lowest BCUT2D eigenvalue weighted by Gasteiger charge is -2.22. The molecule has 0 unspecified atom stereocenters. The first-order valence-electron chi connectivity index (χ1n) is 9.38. The third-order valence-corrected chi connectivity index (χ3v) is 4.93. The molecule has 3 rings (SSSR count). The van der Waals surface area contributed by atoms with Gasteiger partial charge in [-0.1, -0.05) is 12.1 Å². The highest BCUT2D eigenvalue weighted by Gasteiger charge is 2.20. The third kappa shape index (κ3) is 5.57. The fourth-order valence-corrected chi connectivity index (χ4v) is 3.40. The van der Waals surface area contributed by atoms with Gasteiger partial charge in [0.15, 0.2) is 0 Å². The third-order valence-electron chi connectivity index (χ3n) is 4.93. The van der Waals surface area contributed by atoms with Gasteiger partial charge in [0.05, 0.1) is 6.42 Å². The van der Waals surface area contributed by atoms with E-state index in [2.05, 4.69) is 9.88 Å². The Balaban J connectivity index is 1.50. The highest BCUT2D eigenvalue weighted by molar-refractivity contribution is 5.78. The lowest BCUT2D eigenvalue weighted by molar-refractivity contribution is -0.130. The molecule has 1 saturated heterocycles. The van der Waals surface area contributed by atoms with Crippen LogP contribution < -0.4 is 0 Å². The number of amides is 1. The van der Waals surface area contributed by atoms with Crippen molar-refractivity contribution in [2.75, 3.05) is 32.7 Å². The van der Waals surface area contributed by atoms with E-state index < -0.39 is 11.6 Å². The van der Waals surface area contributed by atoms with E-state index in [0.29, 0.717) is 13.1 Å². The highest BCUT2D eigenvalue weighted by Crippen LogP contribution is 2.13. The van der Waals surface area contributed by atoms with Gasteiger partial charge in [0, 0.05) is 50.1 Å². The maximum absolute atomic E-state index is 13.8. The normalized spacial score (nSPS) is 15.6. The highest BCUT2D eigenvalue weighted by atomic mass is 19.1. The van der Waals surface area contributed by atoms with Crippen molar-refractivity contribution in [2.45, 2.75) is 26.2 Å². The Hall–Kier alpha value is -2.34. The van der Waals surface area contributed by atoms with Gasteiger partial charge in [-0.05, 0) is 43.7 Å². The van der Waals surface area contributed by atoms with E-state index in [1.165, 1.54) is 12.1 Å². The second-order valence-electron chi connectivity index (χ2n) is 7.01. The summed E-state index contributed by atoms with van der Waals surface area (Å²) < 4.78 is 26.8. The van der Waals surface area contributed by atoms with Gasteiger partial charge in [0.1, 0.15) is 11.6 Å². The predicted molar refractivity (Wildman–Crippen MR) is 100 cm³/mol. The molecule has 0 aliphatic carbocycles. The predicted octanol–water partition coefficient (Wildman–Crippen LogP) is 2.99. The van der Waals surface area contributed by atoms with Gasteiger partial charge >= 0.3 is 0 Å². The van der Waals surface area contributed by atoms with Gasteiger partial charge in [-0.3, -0.25) is 9.78 Å². The molecular formula is C21H25F2N3O. The molecule has 2 heterocycles. The maximum atomic E-state index is 13.8. The summed E-state index contributed by atoms with van der Waals surface area (Å²) >= 11 is 0. The first kappa shape index (κ1) is 19.4. The molecule has 0 spiro atoms. The van der Waals surface area contributed by atoms with Crippen LogP contribution in [0.5, 0.6) is 0 Å². The van der Waals surface area contributed by atoms with E-state index in [0.717, 1.165) is 49.9 Å². The molecule has 1 aliphatic heterocycles. The van der Waals surface area contributed by atoms with Crippen molar-refractivity contribution >= 4 is 5.91 Å². The summed E-state index contributed by atoms with van der Waals surface area (Å²) in [6, 6.07) is 9.42. The van der Waals surface area contributed by atoms with E-state index in [4.69, 9.17) is 0 Å². The van der Waals surface area contributed by atoms with Gasteiger partial charge in [0.25, 0.3) is 0 Å². The van der Waals surface area contributed by atoms with E-state index in [1.54, 1.807) is 4.90 Å². The fourth-order valence-electron chi connectivity index (χ4n) is 3.40. The number of aryl methyl sites for hydroxylation is 1. The van der Waals surface area contributed by atoms with Crippen molar-refractivity contribution < 1.29 is 13.6 Å². The molecule has 0 radical (unpaired) electrons. The number of carbonyl (C=O) groups is 1. The Morgan fingerprint density at radius 3 is 2.74 bits per heavy atom. The van der Waals surface area contributed by atoms with Crippen LogP contribution in [0.15, 0.2) is 36.4 Å². The van der Waals surface area contributed by atoms with Crippen molar-refractivity contribution in [2.24, 2.45) is 0 Å². The Bertz CT molecular complexity index is 797. The number of benzene rings is 1. The van der Waals surface area contributed by atoms with Gasteiger partial charge in [-0.25, -0.2) is 8.78 Å². The first-order valence-corrected chi connectivity index (χ1v) is 9.38. The summed E-state index contributed by atoms with van der Waals surface area (Å²) in [6.07, 6.45) is 1.74. The number of hydrogen-bond donors (Lipinski definition) is 0. The molecule has 1 aliphatic rings. The van der Waals surface area contributed by atoms with Crippen molar-refractivity contribution in [1.82, 2.24) is 14.8 Å². The molecule has 6 heteroatoms. The molecule has 0 saturated carbocycles. The van der Waals surface area contributed by atoms with Crippen LogP contribution in [0.1, 0.15) is 23.4 Å². The Morgan fingerprint density at radius 1 is 1.11 bits per heavy atom. The van der Waals surface area contributed by atoms with Crippen LogP contribution in [-0.2, 0) is 17.6 Å². The molecule has 4 nitrogen and oxygen atoms in total. The SMILES string of the molecule is Cc1cccc(CCN2CCCN(C(=O)Cc3ccc(F)cc3F)CC2)n1. The molecule has 27 heavy (non-hydrogen) atoms. The van der Waals surface area contributed by atoms with Crippen molar-refractivity contribution in [3.05, 3.63) is 65.0 Å². The standard InChI is InChI=1S/C21H25F2N3O/c1-16-4-2-5-19(24-16)8-11-25-9-3-10-26(13-12-25)21(27)14-17-6-7-18(22)15-20(17)23/h2,4-7,15H,3,8-14H2,1H3. The van der Waals surface area contributed by atoms with Crippen LogP contribution in [0.3, 0.4) is 0 Å². The van der Waals surface area contributed by atoms with E-state index >= 15 is 0 Å². The number of hydrogen-bond acceptors (Lipinski definition) is 3. The molecule has 0 N–H and O–H groups in total. The second-order valence-corrected chi connectivity index (χ2v) is 7.01. The zero-order valence-corrected chi connectivity index (χ0v) is 15.6. The van der Waals surface area contributed by atoms with E-state index in [9.17, 15) is 13.6 Å². The average Bonchev–Trinajstić information content (AvgIpc) is 2.88. The minimum atomic E-state index is -0.662. The van der Waals surface area contributed by atoms with Gasteiger partial charge in [-0.2, -0.15) is 0 Å². The summed E-state index contributed by atoms with van der Waals surface area (Å²) in [4.78, 5) is 21.2. The van der Waals surface area contributed by atoms with Crippen LogP contribution in [-0.4, -0.2) is 53.4 Å². The lowest BCUT2D eigenvalue weighted by Crippen LogP contribution is -2.36. The van der Waals surface area contributed by atoms with Crippen molar-refractivity contribution in [1.29, 1.82) is 0 Å². The molecule has 1 amide bonds. The fraction of sp³-hybridized carbons (Fsp3) is 0.429. The average molecular weight is 373 g/mol. The number of aromatic nitrogens is 1. The molecule has 1 aromatic carbocycles. The maximum Gasteiger partial charge on any atom is 0.227 e. The summed E-state index contributed by atoms with van der Waals surface area (Å²) in [7, 11) is 0. The molecule has 2 aromatic rings. The monoisotopic (exact) mass is 373 g/mol. The minimum Gasteiger partial charge on any atom is -0.341 e. The molecule has 0 bridgehead atoms. The molecule has 0 atom stereocenters. The number of pyridine rings is 1. The van der Waals surface area contributed by atoms with Gasteiger partial charge in [-0.15, -0.1) is 0 Å². The lowest BCUT2D eigenvalue weighted by atomic mass is 10.1. The Morgan fingerprint density at radius 2 is 1.96 bits per heavy atom. The van der Waals surface area contributed by atoms with Crippen LogP contribution in [0.2, 0.25) is 0 Å². The first-order chi connectivity index (χ1) is 13.0. The number of carbonyl (C=O) groups excluding carboxylic acids is 1.